The van der Waals surface area contributed by atoms with E-state index in [0.29, 0.717) is 17.6 Å². The highest BCUT2D eigenvalue weighted by Gasteiger charge is 2.27. The van der Waals surface area contributed by atoms with Crippen molar-refractivity contribution < 1.29 is 4.79 Å². The van der Waals surface area contributed by atoms with E-state index in [4.69, 9.17) is 0 Å². The molecular weight excluding hydrogens is 348 g/mol. The van der Waals surface area contributed by atoms with Crippen LogP contribution >= 0.6 is 11.3 Å². The van der Waals surface area contributed by atoms with Crippen molar-refractivity contribution in [2.45, 2.75) is 12.8 Å². The van der Waals surface area contributed by atoms with Gasteiger partial charge in [-0.25, -0.2) is 15.0 Å². The number of piperidine rings is 1. The number of amides is 1. The van der Waals surface area contributed by atoms with Crippen LogP contribution in [0.15, 0.2) is 48.4 Å². The van der Waals surface area contributed by atoms with Crippen molar-refractivity contribution in [1.29, 1.82) is 0 Å². The summed E-state index contributed by atoms with van der Waals surface area (Å²) in [6.07, 6.45) is 8.73. The maximum absolute atomic E-state index is 12.7. The Hall–Kier alpha value is -2.87. The Morgan fingerprint density at radius 2 is 2.12 bits per heavy atom. The summed E-state index contributed by atoms with van der Waals surface area (Å²) < 4.78 is 0. The molecule has 1 aliphatic heterocycles. The van der Waals surface area contributed by atoms with Gasteiger partial charge in [-0.3, -0.25) is 9.78 Å². The van der Waals surface area contributed by atoms with Crippen molar-refractivity contribution in [2.75, 3.05) is 23.3 Å². The van der Waals surface area contributed by atoms with Gasteiger partial charge in [0.05, 0.1) is 11.6 Å². The van der Waals surface area contributed by atoms with Crippen LogP contribution in [0.25, 0.3) is 11.3 Å². The maximum Gasteiger partial charge on any atom is 0.231 e. The molecule has 3 aromatic rings. The van der Waals surface area contributed by atoms with Gasteiger partial charge in [-0.05, 0) is 31.0 Å². The van der Waals surface area contributed by atoms with E-state index in [1.807, 2.05) is 17.5 Å². The molecule has 1 amide bonds. The van der Waals surface area contributed by atoms with Crippen LogP contribution in [-0.2, 0) is 4.79 Å². The first kappa shape index (κ1) is 16.6. The number of carbonyl (C=O) groups excluding carboxylic acids is 1. The largest absolute Gasteiger partial charge is 0.340 e. The molecule has 0 bridgehead atoms. The molecule has 0 spiro atoms. The number of nitrogens with one attached hydrogen (secondary N) is 1. The Labute approximate surface area is 155 Å². The molecule has 1 saturated heterocycles. The summed E-state index contributed by atoms with van der Waals surface area (Å²) in [5.41, 5.74) is 1.76. The molecule has 1 aliphatic rings. The number of anilines is 2. The normalized spacial score (nSPS) is 17.1. The number of aromatic nitrogens is 4. The van der Waals surface area contributed by atoms with E-state index in [-0.39, 0.29) is 11.8 Å². The van der Waals surface area contributed by atoms with E-state index in [2.05, 4.69) is 30.2 Å². The van der Waals surface area contributed by atoms with Crippen molar-refractivity contribution in [3.05, 3.63) is 48.4 Å². The van der Waals surface area contributed by atoms with Crippen molar-refractivity contribution in [3.8, 4) is 11.3 Å². The molecule has 1 unspecified atom stereocenters. The second-order valence-electron chi connectivity index (χ2n) is 6.10. The van der Waals surface area contributed by atoms with Crippen LogP contribution in [0.4, 0.5) is 11.1 Å². The van der Waals surface area contributed by atoms with E-state index in [1.165, 1.54) is 11.3 Å². The topological polar surface area (TPSA) is 83.9 Å². The van der Waals surface area contributed by atoms with Crippen LogP contribution in [0.3, 0.4) is 0 Å². The third-order valence-corrected chi connectivity index (χ3v) is 5.08. The molecule has 3 aromatic heterocycles. The SMILES string of the molecule is O=C(Nc1nc(-c2cccnc2)cs1)C1CCCN(c2ncccn2)C1. The molecule has 1 N–H and O–H groups in total. The molecule has 4 heterocycles. The molecule has 1 atom stereocenters. The summed E-state index contributed by atoms with van der Waals surface area (Å²) in [6.45, 7) is 1.49. The van der Waals surface area contributed by atoms with Crippen LogP contribution in [-0.4, -0.2) is 38.9 Å². The minimum Gasteiger partial charge on any atom is -0.340 e. The average Bonchev–Trinajstić information content (AvgIpc) is 3.18. The maximum atomic E-state index is 12.7. The highest BCUT2D eigenvalue weighted by Crippen LogP contribution is 2.26. The summed E-state index contributed by atoms with van der Waals surface area (Å²) in [4.78, 5) is 31.9. The van der Waals surface area contributed by atoms with Gasteiger partial charge < -0.3 is 10.2 Å². The Morgan fingerprint density at radius 1 is 1.23 bits per heavy atom. The summed E-state index contributed by atoms with van der Waals surface area (Å²) in [7, 11) is 0. The van der Waals surface area contributed by atoms with Crippen LogP contribution in [0.1, 0.15) is 12.8 Å². The smallest absolute Gasteiger partial charge is 0.231 e. The quantitative estimate of drug-likeness (QED) is 0.764. The summed E-state index contributed by atoms with van der Waals surface area (Å²) >= 11 is 1.42. The van der Waals surface area contributed by atoms with Gasteiger partial charge in [0.25, 0.3) is 0 Å². The number of thiazole rings is 1. The Bertz CT molecular complexity index is 870. The Morgan fingerprint density at radius 3 is 2.92 bits per heavy atom. The van der Waals surface area contributed by atoms with Crippen LogP contribution in [0.2, 0.25) is 0 Å². The van der Waals surface area contributed by atoms with Gasteiger partial charge in [0, 0.05) is 48.8 Å². The Kier molecular flexibility index (Phi) is 4.83. The molecule has 0 aliphatic carbocycles. The molecule has 132 valence electrons. The number of rotatable bonds is 4. The average molecular weight is 366 g/mol. The number of carbonyl (C=O) groups is 1. The number of hydrogen-bond donors (Lipinski definition) is 1. The van der Waals surface area contributed by atoms with Crippen molar-refractivity contribution in [1.82, 2.24) is 19.9 Å². The monoisotopic (exact) mass is 366 g/mol. The third kappa shape index (κ3) is 3.70. The molecule has 8 heteroatoms. The molecule has 26 heavy (non-hydrogen) atoms. The zero-order valence-electron chi connectivity index (χ0n) is 14.1. The van der Waals surface area contributed by atoms with Crippen LogP contribution in [0, 0.1) is 5.92 Å². The standard InChI is InChI=1S/C18H18N6OS/c25-16(14-5-2-9-24(11-14)17-20-7-3-8-21-17)23-18-22-15(12-26-18)13-4-1-6-19-10-13/h1,3-4,6-8,10,12,14H,2,5,9,11H2,(H,22,23,25). The van der Waals surface area contributed by atoms with E-state index in [0.717, 1.165) is 30.6 Å². The van der Waals surface area contributed by atoms with Gasteiger partial charge in [-0.1, -0.05) is 0 Å². The van der Waals surface area contributed by atoms with E-state index < -0.39 is 0 Å². The fourth-order valence-corrected chi connectivity index (χ4v) is 3.74. The van der Waals surface area contributed by atoms with Crippen molar-refractivity contribution in [3.63, 3.8) is 0 Å². The number of nitrogens with zero attached hydrogens (tertiary/aromatic N) is 5. The first-order chi connectivity index (χ1) is 12.8. The predicted molar refractivity (Wildman–Crippen MR) is 101 cm³/mol. The molecule has 4 rings (SSSR count). The van der Waals surface area contributed by atoms with Gasteiger partial charge >= 0.3 is 0 Å². The van der Waals surface area contributed by atoms with Gasteiger partial charge in [-0.15, -0.1) is 11.3 Å². The lowest BCUT2D eigenvalue weighted by molar-refractivity contribution is -0.120. The highest BCUT2D eigenvalue weighted by atomic mass is 32.1. The summed E-state index contributed by atoms with van der Waals surface area (Å²) in [5.74, 6) is 0.578. The zero-order chi connectivity index (χ0) is 17.8. The minimum atomic E-state index is -0.0988. The molecule has 0 saturated carbocycles. The number of hydrogen-bond acceptors (Lipinski definition) is 7. The van der Waals surface area contributed by atoms with Gasteiger partial charge in [0.2, 0.25) is 11.9 Å². The molecule has 7 nitrogen and oxygen atoms in total. The lowest BCUT2D eigenvalue weighted by Crippen LogP contribution is -2.41. The fourth-order valence-electron chi connectivity index (χ4n) is 3.01. The Balaban J connectivity index is 1.41. The second kappa shape index (κ2) is 7.57. The molecule has 1 fully saturated rings. The van der Waals surface area contributed by atoms with Gasteiger partial charge in [0.15, 0.2) is 5.13 Å². The zero-order valence-corrected chi connectivity index (χ0v) is 14.9. The van der Waals surface area contributed by atoms with Crippen LogP contribution in [0.5, 0.6) is 0 Å². The predicted octanol–water partition coefficient (Wildman–Crippen LogP) is 2.85. The second-order valence-corrected chi connectivity index (χ2v) is 6.96. The lowest BCUT2D eigenvalue weighted by atomic mass is 9.97. The van der Waals surface area contributed by atoms with Gasteiger partial charge in [-0.2, -0.15) is 0 Å². The molecular formula is C18H18N6OS. The number of pyridine rings is 1. The fraction of sp³-hybridized carbons (Fsp3) is 0.278. The van der Waals surface area contributed by atoms with E-state index in [9.17, 15) is 4.79 Å². The summed E-state index contributed by atoms with van der Waals surface area (Å²) in [5, 5.41) is 5.50. The third-order valence-electron chi connectivity index (χ3n) is 4.32. The lowest BCUT2D eigenvalue weighted by Gasteiger charge is -2.31. The molecule has 0 radical (unpaired) electrons. The van der Waals surface area contributed by atoms with Crippen molar-refractivity contribution in [2.24, 2.45) is 5.92 Å². The first-order valence-corrected chi connectivity index (χ1v) is 9.36. The first-order valence-electron chi connectivity index (χ1n) is 8.48. The van der Waals surface area contributed by atoms with E-state index >= 15 is 0 Å². The summed E-state index contributed by atoms with van der Waals surface area (Å²) in [6, 6.07) is 5.61. The van der Waals surface area contributed by atoms with Crippen molar-refractivity contribution >= 4 is 28.3 Å². The van der Waals surface area contributed by atoms with E-state index in [1.54, 1.807) is 30.9 Å². The molecule has 0 aromatic carbocycles. The van der Waals surface area contributed by atoms with Gasteiger partial charge in [0.1, 0.15) is 0 Å². The van der Waals surface area contributed by atoms with Crippen LogP contribution < -0.4 is 10.2 Å². The highest BCUT2D eigenvalue weighted by molar-refractivity contribution is 7.14. The minimum absolute atomic E-state index is 0.00211.